The van der Waals surface area contributed by atoms with Crippen LogP contribution in [-0.2, 0) is 4.79 Å². The van der Waals surface area contributed by atoms with Crippen LogP contribution in [0, 0.1) is 5.95 Å². The number of ether oxygens (including phenoxy) is 1. The Kier molecular flexibility index (Phi) is 4.17. The van der Waals surface area contributed by atoms with Gasteiger partial charge in [-0.1, -0.05) is 48.5 Å². The Morgan fingerprint density at radius 3 is 2.48 bits per heavy atom. The zero-order valence-corrected chi connectivity index (χ0v) is 13.8. The highest BCUT2D eigenvalue weighted by Crippen LogP contribution is 2.33. The van der Waals surface area contributed by atoms with Crippen LogP contribution >= 0.6 is 0 Å². The number of benzene rings is 2. The Labute approximate surface area is 152 Å². The summed E-state index contributed by atoms with van der Waals surface area (Å²) < 4.78 is 19.7. The molecule has 1 aliphatic rings. The van der Waals surface area contributed by atoms with Crippen LogP contribution in [0.3, 0.4) is 0 Å². The van der Waals surface area contributed by atoms with E-state index in [1.165, 1.54) is 0 Å². The Morgan fingerprint density at radius 2 is 1.74 bits per heavy atom. The minimum absolute atomic E-state index is 0.188. The van der Waals surface area contributed by atoms with E-state index < -0.39 is 23.8 Å². The van der Waals surface area contributed by atoms with Gasteiger partial charge in [-0.15, -0.1) is 10.2 Å². The fourth-order valence-electron chi connectivity index (χ4n) is 2.59. The Balaban J connectivity index is 1.71. The lowest BCUT2D eigenvalue weighted by atomic mass is 10.1. The lowest BCUT2D eigenvalue weighted by Gasteiger charge is -2.13. The lowest BCUT2D eigenvalue weighted by molar-refractivity contribution is -0.115. The molecule has 8 nitrogen and oxygen atoms in total. The second-order valence-electron chi connectivity index (χ2n) is 5.56. The van der Waals surface area contributed by atoms with E-state index >= 15 is 0 Å². The molecule has 2 aromatic carbocycles. The summed E-state index contributed by atoms with van der Waals surface area (Å²) in [5.41, 5.74) is 1.58. The number of hydrogen-bond donors (Lipinski definition) is 1. The maximum absolute atomic E-state index is 14.1. The molecule has 1 saturated heterocycles. The first kappa shape index (κ1) is 16.6. The molecular formula is C18H12FN5O3. The molecule has 3 amide bonds. The number of carbonyl (C=O) groups excluding carboxylic acids is 2. The quantitative estimate of drug-likeness (QED) is 0.714. The zero-order chi connectivity index (χ0) is 18.8. The molecule has 27 heavy (non-hydrogen) atoms. The number of carbonyl (C=O) groups is 2. The van der Waals surface area contributed by atoms with E-state index in [9.17, 15) is 14.0 Å². The van der Waals surface area contributed by atoms with Gasteiger partial charge in [0.1, 0.15) is 5.75 Å². The van der Waals surface area contributed by atoms with Gasteiger partial charge in [0, 0.05) is 5.56 Å². The van der Waals surface area contributed by atoms with Crippen molar-refractivity contribution in [3.05, 3.63) is 60.5 Å². The van der Waals surface area contributed by atoms with Crippen molar-refractivity contribution in [3.63, 3.8) is 0 Å². The number of imide groups is 1. The van der Waals surface area contributed by atoms with Crippen molar-refractivity contribution in [1.29, 1.82) is 0 Å². The number of aromatic nitrogens is 3. The zero-order valence-electron chi connectivity index (χ0n) is 13.8. The van der Waals surface area contributed by atoms with Gasteiger partial charge in [0.2, 0.25) is 0 Å². The molecule has 0 aliphatic carbocycles. The average Bonchev–Trinajstić information content (AvgIpc) is 3.03. The van der Waals surface area contributed by atoms with Crippen LogP contribution in [0.15, 0.2) is 54.6 Å². The molecule has 1 N–H and O–H groups in total. The fourth-order valence-corrected chi connectivity index (χ4v) is 2.59. The van der Waals surface area contributed by atoms with Gasteiger partial charge in [-0.25, -0.2) is 4.79 Å². The van der Waals surface area contributed by atoms with Crippen LogP contribution < -0.4 is 15.0 Å². The molecule has 1 fully saturated rings. The molecule has 0 radical (unpaired) electrons. The molecule has 1 aliphatic heterocycles. The predicted octanol–water partition coefficient (Wildman–Crippen LogP) is 2.53. The third kappa shape index (κ3) is 3.17. The number of nitrogens with one attached hydrogen (secondary N) is 1. The molecule has 0 spiro atoms. The third-order valence-corrected chi connectivity index (χ3v) is 3.83. The van der Waals surface area contributed by atoms with E-state index in [-0.39, 0.29) is 12.5 Å². The summed E-state index contributed by atoms with van der Waals surface area (Å²) in [6.45, 7) is -0.188. The molecule has 0 unspecified atom stereocenters. The topological polar surface area (TPSA) is 97.3 Å². The number of amides is 3. The summed E-state index contributed by atoms with van der Waals surface area (Å²) in [5, 5.41) is 9.11. The van der Waals surface area contributed by atoms with Crippen molar-refractivity contribution in [2.75, 3.05) is 11.4 Å². The standard InChI is InChI=1S/C18H12FN5O3/c19-15-16(21-17(23-22-15)24-14(25)10-20-18(24)26)27-13-9-5-4-8-12(13)11-6-2-1-3-7-11/h1-9H,10H2,(H,20,26). The van der Waals surface area contributed by atoms with Crippen LogP contribution in [0.25, 0.3) is 11.1 Å². The fraction of sp³-hybridized carbons (Fsp3) is 0.0556. The van der Waals surface area contributed by atoms with Gasteiger partial charge in [-0.3, -0.25) is 4.79 Å². The Bertz CT molecular complexity index is 1010. The van der Waals surface area contributed by atoms with E-state index in [1.54, 1.807) is 12.1 Å². The molecule has 3 aromatic rings. The first-order valence-corrected chi connectivity index (χ1v) is 7.97. The molecule has 134 valence electrons. The largest absolute Gasteiger partial charge is 0.435 e. The SMILES string of the molecule is O=C1CNC(=O)N1c1nnc(F)c(Oc2ccccc2-c2ccccc2)n1. The molecule has 1 aromatic heterocycles. The van der Waals surface area contributed by atoms with Gasteiger partial charge in [0.15, 0.2) is 0 Å². The maximum Gasteiger partial charge on any atom is 0.331 e. The normalized spacial score (nSPS) is 13.6. The van der Waals surface area contributed by atoms with Gasteiger partial charge in [0.25, 0.3) is 23.7 Å². The summed E-state index contributed by atoms with van der Waals surface area (Å²) in [5.74, 6) is -2.14. The Morgan fingerprint density at radius 1 is 1.00 bits per heavy atom. The first-order chi connectivity index (χ1) is 13.1. The smallest absolute Gasteiger partial charge is 0.331 e. The number of urea groups is 1. The van der Waals surface area contributed by atoms with Crippen molar-refractivity contribution < 1.29 is 18.7 Å². The van der Waals surface area contributed by atoms with E-state index in [2.05, 4.69) is 20.5 Å². The van der Waals surface area contributed by atoms with E-state index in [1.807, 2.05) is 42.5 Å². The van der Waals surface area contributed by atoms with Gasteiger partial charge in [-0.05, 0) is 11.6 Å². The highest BCUT2D eigenvalue weighted by molar-refractivity contribution is 6.18. The molecular weight excluding hydrogens is 353 g/mol. The summed E-state index contributed by atoms with van der Waals surface area (Å²) in [6, 6.07) is 15.7. The van der Waals surface area contributed by atoms with Crippen molar-refractivity contribution in [1.82, 2.24) is 20.5 Å². The lowest BCUT2D eigenvalue weighted by Crippen LogP contribution is -2.32. The second-order valence-corrected chi connectivity index (χ2v) is 5.56. The number of hydrogen-bond acceptors (Lipinski definition) is 6. The first-order valence-electron chi connectivity index (χ1n) is 7.97. The van der Waals surface area contributed by atoms with Crippen LogP contribution in [0.1, 0.15) is 0 Å². The number of anilines is 1. The number of halogens is 1. The molecule has 2 heterocycles. The summed E-state index contributed by atoms with van der Waals surface area (Å²) in [4.78, 5) is 28.1. The van der Waals surface area contributed by atoms with Crippen molar-refractivity contribution >= 4 is 17.9 Å². The highest BCUT2D eigenvalue weighted by atomic mass is 19.1. The number of rotatable bonds is 4. The molecule has 0 atom stereocenters. The predicted molar refractivity (Wildman–Crippen MR) is 92.6 cm³/mol. The minimum Gasteiger partial charge on any atom is -0.435 e. The van der Waals surface area contributed by atoms with Crippen molar-refractivity contribution in [3.8, 4) is 22.8 Å². The van der Waals surface area contributed by atoms with E-state index in [0.717, 1.165) is 5.56 Å². The van der Waals surface area contributed by atoms with Gasteiger partial charge >= 0.3 is 6.03 Å². The Hall–Kier alpha value is -3.88. The number of nitrogens with zero attached hydrogens (tertiary/aromatic N) is 4. The van der Waals surface area contributed by atoms with Crippen LogP contribution in [0.4, 0.5) is 15.1 Å². The van der Waals surface area contributed by atoms with E-state index in [4.69, 9.17) is 4.74 Å². The van der Waals surface area contributed by atoms with Crippen LogP contribution in [-0.4, -0.2) is 33.7 Å². The molecule has 9 heteroatoms. The van der Waals surface area contributed by atoms with E-state index in [0.29, 0.717) is 16.2 Å². The van der Waals surface area contributed by atoms with Crippen molar-refractivity contribution in [2.24, 2.45) is 0 Å². The number of para-hydroxylation sites is 1. The van der Waals surface area contributed by atoms with Crippen LogP contribution in [0.2, 0.25) is 0 Å². The molecule has 0 saturated carbocycles. The van der Waals surface area contributed by atoms with Gasteiger partial charge < -0.3 is 10.1 Å². The maximum atomic E-state index is 14.1. The summed E-state index contributed by atoms with van der Waals surface area (Å²) in [7, 11) is 0. The van der Waals surface area contributed by atoms with Gasteiger partial charge in [0.05, 0.1) is 6.54 Å². The second kappa shape index (κ2) is 6.79. The summed E-state index contributed by atoms with van der Waals surface area (Å²) in [6.07, 6.45) is 0. The van der Waals surface area contributed by atoms with Crippen LogP contribution in [0.5, 0.6) is 11.6 Å². The average molecular weight is 365 g/mol. The highest BCUT2D eigenvalue weighted by Gasteiger charge is 2.33. The summed E-state index contributed by atoms with van der Waals surface area (Å²) >= 11 is 0. The minimum atomic E-state index is -1.06. The molecule has 4 rings (SSSR count). The van der Waals surface area contributed by atoms with Gasteiger partial charge in [-0.2, -0.15) is 14.3 Å². The monoisotopic (exact) mass is 365 g/mol. The van der Waals surface area contributed by atoms with Crippen molar-refractivity contribution in [2.45, 2.75) is 0 Å². The third-order valence-electron chi connectivity index (χ3n) is 3.83. The molecule has 0 bridgehead atoms.